The Morgan fingerprint density at radius 1 is 1.19 bits per heavy atom. The van der Waals surface area contributed by atoms with Crippen molar-refractivity contribution in [1.29, 1.82) is 0 Å². The lowest BCUT2D eigenvalue weighted by atomic mass is 9.82. The van der Waals surface area contributed by atoms with Gasteiger partial charge in [-0.3, -0.25) is 0 Å². The molecule has 0 aromatic heterocycles. The predicted octanol–water partition coefficient (Wildman–Crippen LogP) is 4.66. The van der Waals surface area contributed by atoms with E-state index in [1.165, 1.54) is 32.1 Å². The van der Waals surface area contributed by atoms with Gasteiger partial charge >= 0.3 is 0 Å². The van der Waals surface area contributed by atoms with Crippen molar-refractivity contribution in [3.8, 4) is 0 Å². The molecule has 1 aromatic rings. The van der Waals surface area contributed by atoms with E-state index < -0.39 is 0 Å². The van der Waals surface area contributed by atoms with E-state index in [9.17, 15) is 0 Å². The monoisotopic (exact) mass is 326 g/mol. The van der Waals surface area contributed by atoms with Crippen LogP contribution in [0.5, 0.6) is 0 Å². The molecule has 2 aliphatic rings. The molecule has 2 aliphatic heterocycles. The number of fused-ring (bicyclic) bond motifs is 2. The highest BCUT2D eigenvalue weighted by molar-refractivity contribution is 6.42. The van der Waals surface area contributed by atoms with Crippen LogP contribution in [0.2, 0.25) is 10.0 Å². The molecule has 2 saturated heterocycles. The SMILES string of the molecule is CC(NC1CC2CCCC(C1)N2C)c1cccc(Cl)c1Cl. The van der Waals surface area contributed by atoms with Gasteiger partial charge in [0.2, 0.25) is 0 Å². The first-order chi connectivity index (χ1) is 10.1. The largest absolute Gasteiger partial charge is 0.307 e. The number of hydrogen-bond donors (Lipinski definition) is 1. The minimum absolute atomic E-state index is 0.241. The lowest BCUT2D eigenvalue weighted by Crippen LogP contribution is -2.54. The molecule has 2 bridgehead atoms. The van der Waals surface area contributed by atoms with Crippen molar-refractivity contribution in [2.45, 2.75) is 63.2 Å². The average Bonchev–Trinajstić information content (AvgIpc) is 2.43. The van der Waals surface area contributed by atoms with E-state index in [0.29, 0.717) is 16.1 Å². The molecule has 116 valence electrons. The fourth-order valence-corrected chi connectivity index (χ4v) is 4.52. The quantitative estimate of drug-likeness (QED) is 0.869. The number of hydrogen-bond acceptors (Lipinski definition) is 2. The molecule has 1 aromatic carbocycles. The lowest BCUT2D eigenvalue weighted by Gasteiger charge is -2.47. The second kappa shape index (κ2) is 6.45. The second-order valence-corrected chi connectivity index (χ2v) is 7.39. The Morgan fingerprint density at radius 3 is 2.52 bits per heavy atom. The molecule has 2 heterocycles. The highest BCUT2D eigenvalue weighted by Gasteiger charge is 2.36. The highest BCUT2D eigenvalue weighted by atomic mass is 35.5. The Kier molecular flexibility index (Phi) is 4.80. The van der Waals surface area contributed by atoms with Crippen molar-refractivity contribution in [2.75, 3.05) is 7.05 Å². The topological polar surface area (TPSA) is 15.3 Å². The van der Waals surface area contributed by atoms with E-state index in [2.05, 4.69) is 30.3 Å². The molecule has 0 saturated carbocycles. The minimum Gasteiger partial charge on any atom is -0.307 e. The minimum atomic E-state index is 0.241. The van der Waals surface area contributed by atoms with E-state index in [1.54, 1.807) is 0 Å². The summed E-state index contributed by atoms with van der Waals surface area (Å²) in [5, 5.41) is 5.11. The summed E-state index contributed by atoms with van der Waals surface area (Å²) in [6.45, 7) is 2.19. The van der Waals surface area contributed by atoms with Gasteiger partial charge in [0.1, 0.15) is 0 Å². The number of halogens is 2. The van der Waals surface area contributed by atoms with E-state index in [4.69, 9.17) is 23.2 Å². The van der Waals surface area contributed by atoms with Crippen molar-refractivity contribution in [3.63, 3.8) is 0 Å². The maximum atomic E-state index is 6.34. The molecule has 4 heteroatoms. The summed E-state index contributed by atoms with van der Waals surface area (Å²) in [5.41, 5.74) is 1.10. The first kappa shape index (κ1) is 15.6. The molecule has 21 heavy (non-hydrogen) atoms. The van der Waals surface area contributed by atoms with Crippen LogP contribution in [0.1, 0.15) is 50.6 Å². The lowest BCUT2D eigenvalue weighted by molar-refractivity contribution is 0.0463. The van der Waals surface area contributed by atoms with Crippen molar-refractivity contribution < 1.29 is 0 Å². The maximum Gasteiger partial charge on any atom is 0.0639 e. The highest BCUT2D eigenvalue weighted by Crippen LogP contribution is 2.35. The molecule has 3 unspecified atom stereocenters. The zero-order chi connectivity index (χ0) is 15.0. The van der Waals surface area contributed by atoms with Gasteiger partial charge in [0.25, 0.3) is 0 Å². The Hall–Kier alpha value is -0.280. The fraction of sp³-hybridized carbons (Fsp3) is 0.647. The van der Waals surface area contributed by atoms with Crippen LogP contribution < -0.4 is 5.32 Å². The van der Waals surface area contributed by atoms with Gasteiger partial charge in [0.05, 0.1) is 10.0 Å². The molecule has 0 radical (unpaired) electrons. The number of nitrogens with zero attached hydrogens (tertiary/aromatic N) is 1. The standard InChI is InChI=1S/C17H24Cl2N2/c1-11(15-7-4-8-16(18)17(15)19)20-12-9-13-5-3-6-14(10-12)21(13)2/h4,7-8,11-14,20H,3,5-6,9-10H2,1-2H3. The maximum absolute atomic E-state index is 6.34. The van der Waals surface area contributed by atoms with Crippen LogP contribution >= 0.6 is 23.2 Å². The summed E-state index contributed by atoms with van der Waals surface area (Å²) in [6.07, 6.45) is 6.57. The Labute approximate surface area is 137 Å². The molecule has 0 spiro atoms. The molecule has 3 rings (SSSR count). The van der Waals surface area contributed by atoms with Crippen molar-refractivity contribution in [3.05, 3.63) is 33.8 Å². The van der Waals surface area contributed by atoms with E-state index in [-0.39, 0.29) is 6.04 Å². The smallest absolute Gasteiger partial charge is 0.0639 e. The Bertz CT molecular complexity index is 492. The molecular formula is C17H24Cl2N2. The number of nitrogens with one attached hydrogen (secondary N) is 1. The van der Waals surface area contributed by atoms with Crippen molar-refractivity contribution in [1.82, 2.24) is 10.2 Å². The number of piperidine rings is 2. The summed E-state index contributed by atoms with van der Waals surface area (Å²) in [4.78, 5) is 2.60. The van der Waals surface area contributed by atoms with E-state index in [1.807, 2.05) is 12.1 Å². The average molecular weight is 327 g/mol. The Balaban J connectivity index is 1.68. The van der Waals surface area contributed by atoms with Crippen LogP contribution in [0, 0.1) is 0 Å². The fourth-order valence-electron chi connectivity index (χ4n) is 4.05. The van der Waals surface area contributed by atoms with Gasteiger partial charge in [0.15, 0.2) is 0 Å². The van der Waals surface area contributed by atoms with Crippen molar-refractivity contribution in [2.24, 2.45) is 0 Å². The molecule has 1 N–H and O–H groups in total. The van der Waals surface area contributed by atoms with Gasteiger partial charge in [-0.05, 0) is 51.3 Å². The van der Waals surface area contributed by atoms with Crippen LogP contribution in [-0.4, -0.2) is 30.1 Å². The number of rotatable bonds is 3. The molecule has 0 amide bonds. The molecular weight excluding hydrogens is 303 g/mol. The third-order valence-corrected chi connectivity index (χ3v) is 6.11. The van der Waals surface area contributed by atoms with Gasteiger partial charge in [-0.15, -0.1) is 0 Å². The Morgan fingerprint density at radius 2 is 1.86 bits per heavy atom. The molecule has 3 atom stereocenters. The first-order valence-corrected chi connectivity index (χ1v) is 8.73. The van der Waals surface area contributed by atoms with Crippen LogP contribution in [0.3, 0.4) is 0 Å². The summed E-state index contributed by atoms with van der Waals surface area (Å²) < 4.78 is 0. The summed E-state index contributed by atoms with van der Waals surface area (Å²) in [5.74, 6) is 0. The zero-order valence-corrected chi connectivity index (χ0v) is 14.3. The van der Waals surface area contributed by atoms with Gasteiger partial charge in [0, 0.05) is 24.2 Å². The van der Waals surface area contributed by atoms with Crippen LogP contribution in [-0.2, 0) is 0 Å². The van der Waals surface area contributed by atoms with Crippen LogP contribution in [0.4, 0.5) is 0 Å². The predicted molar refractivity (Wildman–Crippen MR) is 90.2 cm³/mol. The van der Waals surface area contributed by atoms with Crippen molar-refractivity contribution >= 4 is 23.2 Å². The van der Waals surface area contributed by atoms with Crippen LogP contribution in [0.25, 0.3) is 0 Å². The van der Waals surface area contributed by atoms with Gasteiger partial charge < -0.3 is 10.2 Å². The van der Waals surface area contributed by atoms with E-state index >= 15 is 0 Å². The third kappa shape index (κ3) is 3.24. The van der Waals surface area contributed by atoms with Crippen LogP contribution in [0.15, 0.2) is 18.2 Å². The second-order valence-electron chi connectivity index (χ2n) is 6.60. The summed E-state index contributed by atoms with van der Waals surface area (Å²) in [7, 11) is 2.29. The molecule has 0 aliphatic carbocycles. The van der Waals surface area contributed by atoms with Gasteiger partial charge in [-0.25, -0.2) is 0 Å². The van der Waals surface area contributed by atoms with Gasteiger partial charge in [-0.1, -0.05) is 41.8 Å². The third-order valence-electron chi connectivity index (χ3n) is 5.27. The van der Waals surface area contributed by atoms with Gasteiger partial charge in [-0.2, -0.15) is 0 Å². The summed E-state index contributed by atoms with van der Waals surface area (Å²) >= 11 is 12.5. The molecule has 2 nitrogen and oxygen atoms in total. The van der Waals surface area contributed by atoms with E-state index in [0.717, 1.165) is 17.6 Å². The zero-order valence-electron chi connectivity index (χ0n) is 12.8. The normalized spacial score (nSPS) is 31.1. The summed E-state index contributed by atoms with van der Waals surface area (Å²) in [6, 6.07) is 8.22. The first-order valence-electron chi connectivity index (χ1n) is 7.98. The number of benzene rings is 1. The molecule has 2 fully saturated rings.